The van der Waals surface area contributed by atoms with E-state index in [0.717, 1.165) is 22.3 Å². The zero-order chi connectivity index (χ0) is 23.2. The molecule has 168 valence electrons. The Morgan fingerprint density at radius 3 is 2.15 bits per heavy atom. The van der Waals surface area contributed by atoms with Crippen LogP contribution in [0.5, 0.6) is 0 Å². The summed E-state index contributed by atoms with van der Waals surface area (Å²) in [4.78, 5) is 41.6. The highest BCUT2D eigenvalue weighted by atomic mass is 16.7. The van der Waals surface area contributed by atoms with Gasteiger partial charge in [-0.15, -0.1) is 0 Å². The van der Waals surface area contributed by atoms with Gasteiger partial charge in [-0.1, -0.05) is 78.9 Å². The number of aliphatic carboxylic acids is 1. The van der Waals surface area contributed by atoms with Crippen LogP contribution in [0.3, 0.4) is 0 Å². The lowest BCUT2D eigenvalue weighted by Gasteiger charge is -2.26. The Labute approximate surface area is 192 Å². The van der Waals surface area contributed by atoms with E-state index in [9.17, 15) is 14.4 Å². The van der Waals surface area contributed by atoms with E-state index in [-0.39, 0.29) is 23.8 Å². The van der Waals surface area contributed by atoms with Crippen LogP contribution in [-0.4, -0.2) is 22.8 Å². The summed E-state index contributed by atoms with van der Waals surface area (Å²) in [5.74, 6) is -2.46. The largest absolute Gasteiger partial charge is 0.475 e. The monoisotopic (exact) mass is 443 g/mol. The summed E-state index contributed by atoms with van der Waals surface area (Å²) in [7, 11) is 0. The molecule has 1 amide bonds. The highest BCUT2D eigenvalue weighted by molar-refractivity contribution is 6.40. The molecule has 0 bridgehead atoms. The minimum Gasteiger partial charge on any atom is -0.475 e. The van der Waals surface area contributed by atoms with Crippen molar-refractivity contribution in [2.75, 3.05) is 0 Å². The lowest BCUT2D eigenvalue weighted by atomic mass is 9.79. The molecule has 0 spiro atoms. The van der Waals surface area contributed by atoms with Crippen LogP contribution in [0.2, 0.25) is 0 Å². The number of hydrogen-bond acceptors (Lipinski definition) is 4. The van der Waals surface area contributed by atoms with Gasteiger partial charge in [0.15, 0.2) is 0 Å². The molecule has 0 aliphatic heterocycles. The van der Waals surface area contributed by atoms with Crippen molar-refractivity contribution in [3.8, 4) is 0 Å². The zero-order valence-corrected chi connectivity index (χ0v) is 18.1. The molecule has 0 saturated carbocycles. The third-order valence-corrected chi connectivity index (χ3v) is 5.99. The summed E-state index contributed by atoms with van der Waals surface area (Å²) in [6.45, 7) is 0. The van der Waals surface area contributed by atoms with Gasteiger partial charge >= 0.3 is 5.97 Å². The second-order valence-electron chi connectivity index (χ2n) is 8.23. The van der Waals surface area contributed by atoms with Crippen molar-refractivity contribution in [1.29, 1.82) is 0 Å². The maximum absolute atomic E-state index is 12.7. The molecule has 6 nitrogen and oxygen atoms in total. The molecular formula is C27H25NO5. The predicted molar refractivity (Wildman–Crippen MR) is 122 cm³/mol. The molecule has 3 aromatic rings. The third-order valence-electron chi connectivity index (χ3n) is 5.99. The van der Waals surface area contributed by atoms with E-state index in [1.807, 2.05) is 66.7 Å². The van der Waals surface area contributed by atoms with E-state index < -0.39 is 17.9 Å². The zero-order valence-electron chi connectivity index (χ0n) is 18.1. The highest BCUT2D eigenvalue weighted by Crippen LogP contribution is 2.30. The predicted octanol–water partition coefficient (Wildman–Crippen LogP) is 4.29. The number of ketones is 1. The smallest absolute Gasteiger partial charge is 0.377 e. The molecule has 6 heteroatoms. The molecule has 0 fully saturated rings. The van der Waals surface area contributed by atoms with Crippen LogP contribution in [-0.2, 0) is 27.3 Å². The van der Waals surface area contributed by atoms with Gasteiger partial charge in [-0.2, -0.15) is 0 Å². The third kappa shape index (κ3) is 5.35. The normalized spacial score (nSPS) is 15.0. The molecule has 4 rings (SSSR count). The first-order valence-corrected chi connectivity index (χ1v) is 11.0. The SMILES string of the molecule is O=C(CC1CCc2c(cccc2C(=O)C(=O)O)C1)NOC(c1ccccc1)c1ccccc1. The molecule has 0 heterocycles. The molecule has 0 saturated heterocycles. The molecule has 0 radical (unpaired) electrons. The minimum atomic E-state index is -1.45. The molecule has 2 N–H and O–H groups in total. The first kappa shape index (κ1) is 22.4. The van der Waals surface area contributed by atoms with Gasteiger partial charge in [-0.3, -0.25) is 14.4 Å². The first-order valence-electron chi connectivity index (χ1n) is 11.0. The fourth-order valence-corrected chi connectivity index (χ4v) is 4.40. The van der Waals surface area contributed by atoms with E-state index in [1.54, 1.807) is 12.1 Å². The Bertz CT molecular complexity index is 1100. The van der Waals surface area contributed by atoms with Crippen molar-refractivity contribution in [3.05, 3.63) is 107 Å². The van der Waals surface area contributed by atoms with E-state index >= 15 is 0 Å². The van der Waals surface area contributed by atoms with Gasteiger partial charge in [0.2, 0.25) is 5.91 Å². The van der Waals surface area contributed by atoms with Crippen LogP contribution < -0.4 is 5.48 Å². The topological polar surface area (TPSA) is 92.7 Å². The molecule has 1 aliphatic rings. The van der Waals surface area contributed by atoms with Gasteiger partial charge < -0.3 is 5.11 Å². The number of amides is 1. The molecule has 3 aromatic carbocycles. The number of fused-ring (bicyclic) bond motifs is 1. The number of rotatable bonds is 8. The summed E-state index contributed by atoms with van der Waals surface area (Å²) < 4.78 is 0. The van der Waals surface area contributed by atoms with Crippen LogP contribution in [0.1, 0.15) is 51.6 Å². The van der Waals surface area contributed by atoms with Crippen molar-refractivity contribution in [2.45, 2.75) is 31.8 Å². The second kappa shape index (κ2) is 10.2. The molecule has 1 aliphatic carbocycles. The average molecular weight is 443 g/mol. The van der Waals surface area contributed by atoms with Gasteiger partial charge in [0.25, 0.3) is 5.78 Å². The van der Waals surface area contributed by atoms with Gasteiger partial charge in [0.05, 0.1) is 0 Å². The number of benzene rings is 3. The van der Waals surface area contributed by atoms with Crippen molar-refractivity contribution >= 4 is 17.7 Å². The Morgan fingerprint density at radius 1 is 0.909 bits per heavy atom. The van der Waals surface area contributed by atoms with E-state index in [2.05, 4.69) is 5.48 Å². The Morgan fingerprint density at radius 2 is 1.55 bits per heavy atom. The summed E-state index contributed by atoms with van der Waals surface area (Å²) in [6, 6.07) is 24.6. The van der Waals surface area contributed by atoms with Gasteiger partial charge in [0, 0.05) is 12.0 Å². The number of carbonyl (C=O) groups excluding carboxylic acids is 2. The number of hydroxylamine groups is 1. The van der Waals surface area contributed by atoms with E-state index in [4.69, 9.17) is 9.94 Å². The Hall–Kier alpha value is -3.77. The summed E-state index contributed by atoms with van der Waals surface area (Å²) in [5.41, 5.74) is 6.46. The fourth-order valence-electron chi connectivity index (χ4n) is 4.40. The summed E-state index contributed by atoms with van der Waals surface area (Å²) in [5, 5.41) is 9.06. The Kier molecular flexibility index (Phi) is 6.95. The van der Waals surface area contributed by atoms with Crippen LogP contribution in [0.4, 0.5) is 0 Å². The fraction of sp³-hybridized carbons (Fsp3) is 0.222. The number of Topliss-reactive ketones (excluding diaryl/α,β-unsaturated/α-hetero) is 1. The van der Waals surface area contributed by atoms with Crippen LogP contribution in [0, 0.1) is 5.92 Å². The molecular weight excluding hydrogens is 418 g/mol. The van der Waals surface area contributed by atoms with Crippen LogP contribution in [0.25, 0.3) is 0 Å². The molecule has 1 unspecified atom stereocenters. The molecule has 0 aromatic heterocycles. The van der Waals surface area contributed by atoms with Crippen molar-refractivity contribution in [2.24, 2.45) is 5.92 Å². The van der Waals surface area contributed by atoms with E-state index in [1.165, 1.54) is 0 Å². The van der Waals surface area contributed by atoms with Crippen molar-refractivity contribution in [1.82, 2.24) is 5.48 Å². The minimum absolute atomic E-state index is 0.0863. The lowest BCUT2D eigenvalue weighted by molar-refractivity contribution is -0.138. The maximum atomic E-state index is 12.7. The van der Waals surface area contributed by atoms with Crippen molar-refractivity contribution in [3.63, 3.8) is 0 Å². The second-order valence-corrected chi connectivity index (χ2v) is 8.23. The average Bonchev–Trinajstić information content (AvgIpc) is 2.84. The molecule has 33 heavy (non-hydrogen) atoms. The van der Waals surface area contributed by atoms with Gasteiger partial charge in [0.1, 0.15) is 6.10 Å². The summed E-state index contributed by atoms with van der Waals surface area (Å²) in [6.07, 6.45) is 1.75. The number of carboxylic acid groups (broad SMARTS) is 1. The molecule has 1 atom stereocenters. The number of nitrogens with one attached hydrogen (secondary N) is 1. The van der Waals surface area contributed by atoms with Gasteiger partial charge in [-0.25, -0.2) is 10.3 Å². The van der Waals surface area contributed by atoms with Crippen LogP contribution in [0.15, 0.2) is 78.9 Å². The Balaban J connectivity index is 1.40. The number of hydrogen-bond donors (Lipinski definition) is 2. The maximum Gasteiger partial charge on any atom is 0.377 e. The standard InChI is InChI=1S/C27H25NO5/c29-24(28-33-26(19-8-3-1-4-9-19)20-10-5-2-6-11-20)17-18-14-15-22-21(16-18)12-7-13-23(22)25(30)27(31)32/h1-13,18,26H,14-17H2,(H,28,29)(H,31,32). The van der Waals surface area contributed by atoms with Gasteiger partial charge in [-0.05, 0) is 47.4 Å². The number of carboxylic acids is 1. The van der Waals surface area contributed by atoms with Crippen molar-refractivity contribution < 1.29 is 24.3 Å². The summed E-state index contributed by atoms with van der Waals surface area (Å²) >= 11 is 0. The quantitative estimate of drug-likeness (QED) is 0.308. The highest BCUT2D eigenvalue weighted by Gasteiger charge is 2.27. The lowest BCUT2D eigenvalue weighted by Crippen LogP contribution is -2.30. The number of carbonyl (C=O) groups is 3. The van der Waals surface area contributed by atoms with Crippen LogP contribution >= 0.6 is 0 Å². The van der Waals surface area contributed by atoms with E-state index in [0.29, 0.717) is 19.3 Å². The first-order chi connectivity index (χ1) is 16.0.